The molecule has 1 aliphatic heterocycles. The lowest BCUT2D eigenvalue weighted by atomic mass is 10.00. The first-order valence-electron chi connectivity index (χ1n) is 8.87. The van der Waals surface area contributed by atoms with Crippen LogP contribution in [0.15, 0.2) is 35.3 Å². The minimum Gasteiger partial charge on any atom is -0.381 e. The second-order valence-corrected chi connectivity index (χ2v) is 6.35. The van der Waals surface area contributed by atoms with Crippen LogP contribution in [0, 0.1) is 5.92 Å². The first-order valence-corrected chi connectivity index (χ1v) is 8.87. The summed E-state index contributed by atoms with van der Waals surface area (Å²) in [4.78, 5) is 6.77. The fraction of sp³-hybridized carbons (Fsp3) is 0.632. The highest BCUT2D eigenvalue weighted by atomic mass is 127. The molecule has 1 aromatic carbocycles. The maximum Gasteiger partial charge on any atom is 0.193 e. The van der Waals surface area contributed by atoms with Crippen LogP contribution in [0.5, 0.6) is 0 Å². The number of rotatable bonds is 7. The number of likely N-dealkylation sites (tertiary alicyclic amines) is 1. The van der Waals surface area contributed by atoms with Crippen molar-refractivity contribution in [3.8, 4) is 0 Å². The van der Waals surface area contributed by atoms with Crippen LogP contribution in [0.4, 0.5) is 0 Å². The van der Waals surface area contributed by atoms with E-state index in [4.69, 9.17) is 4.74 Å². The molecule has 24 heavy (non-hydrogen) atoms. The number of ether oxygens (including phenoxy) is 1. The van der Waals surface area contributed by atoms with Crippen LogP contribution < -0.4 is 5.32 Å². The highest BCUT2D eigenvalue weighted by Crippen LogP contribution is 2.15. The molecule has 1 aliphatic rings. The average Bonchev–Trinajstić information content (AvgIpc) is 2.59. The normalized spacial score (nSPS) is 15.9. The number of aliphatic imine (C=N–C) groups is 1. The van der Waals surface area contributed by atoms with Crippen LogP contribution in [0.25, 0.3) is 0 Å². The number of piperidine rings is 1. The average molecular weight is 445 g/mol. The Morgan fingerprint density at radius 2 is 1.92 bits per heavy atom. The monoisotopic (exact) mass is 445 g/mol. The van der Waals surface area contributed by atoms with E-state index in [2.05, 4.69) is 46.4 Å². The first-order chi connectivity index (χ1) is 11.3. The standard InChI is InChI=1S/C19H31N3O.HI/c1-17-9-13-22(14-10-17)19(20-2)21-12-6-15-23-16-11-18-7-4-3-5-8-18;/h3-5,7-8,17H,6,9-16H2,1-2H3,(H,20,21);1H. The molecule has 136 valence electrons. The number of benzene rings is 1. The zero-order chi connectivity index (χ0) is 16.3. The van der Waals surface area contributed by atoms with Gasteiger partial charge in [0.25, 0.3) is 0 Å². The van der Waals surface area contributed by atoms with E-state index in [0.717, 1.165) is 57.6 Å². The van der Waals surface area contributed by atoms with Crippen LogP contribution in [0.2, 0.25) is 0 Å². The molecule has 0 radical (unpaired) electrons. The number of hydrogen-bond donors (Lipinski definition) is 1. The van der Waals surface area contributed by atoms with E-state index in [1.165, 1.54) is 18.4 Å². The Kier molecular flexibility index (Phi) is 11.1. The van der Waals surface area contributed by atoms with E-state index >= 15 is 0 Å². The molecule has 1 aromatic rings. The highest BCUT2D eigenvalue weighted by molar-refractivity contribution is 14.0. The van der Waals surface area contributed by atoms with Crippen molar-refractivity contribution >= 4 is 29.9 Å². The van der Waals surface area contributed by atoms with Gasteiger partial charge in [-0.15, -0.1) is 24.0 Å². The molecule has 5 heteroatoms. The summed E-state index contributed by atoms with van der Waals surface area (Å²) in [5, 5.41) is 3.46. The summed E-state index contributed by atoms with van der Waals surface area (Å²) in [6.07, 6.45) is 4.53. The second-order valence-electron chi connectivity index (χ2n) is 6.35. The minimum absolute atomic E-state index is 0. The third kappa shape index (κ3) is 7.83. The fourth-order valence-corrected chi connectivity index (χ4v) is 2.86. The third-order valence-electron chi connectivity index (χ3n) is 4.42. The van der Waals surface area contributed by atoms with Gasteiger partial charge in [-0.25, -0.2) is 0 Å². The van der Waals surface area contributed by atoms with Crippen molar-refractivity contribution in [1.29, 1.82) is 0 Å². The third-order valence-corrected chi connectivity index (χ3v) is 4.42. The molecule has 0 bridgehead atoms. The number of halogens is 1. The molecule has 0 aromatic heterocycles. The largest absolute Gasteiger partial charge is 0.381 e. The van der Waals surface area contributed by atoms with Crippen molar-refractivity contribution in [3.05, 3.63) is 35.9 Å². The van der Waals surface area contributed by atoms with Crippen molar-refractivity contribution in [3.63, 3.8) is 0 Å². The maximum absolute atomic E-state index is 5.72. The van der Waals surface area contributed by atoms with E-state index in [1.807, 2.05) is 13.1 Å². The van der Waals surface area contributed by atoms with E-state index in [9.17, 15) is 0 Å². The Bertz CT molecular complexity index is 459. The van der Waals surface area contributed by atoms with Gasteiger partial charge in [0, 0.05) is 33.3 Å². The van der Waals surface area contributed by atoms with Gasteiger partial charge in [0.1, 0.15) is 0 Å². The van der Waals surface area contributed by atoms with Crippen LogP contribution in [-0.4, -0.2) is 50.8 Å². The Labute approximate surface area is 164 Å². The molecule has 1 saturated heterocycles. The van der Waals surface area contributed by atoms with Gasteiger partial charge in [-0.1, -0.05) is 37.3 Å². The van der Waals surface area contributed by atoms with Crippen LogP contribution in [0.3, 0.4) is 0 Å². The van der Waals surface area contributed by atoms with Crippen molar-refractivity contribution in [2.75, 3.05) is 39.9 Å². The summed E-state index contributed by atoms with van der Waals surface area (Å²) in [5.41, 5.74) is 1.34. The molecule has 1 heterocycles. The van der Waals surface area contributed by atoms with E-state index in [0.29, 0.717) is 0 Å². The van der Waals surface area contributed by atoms with E-state index in [1.54, 1.807) is 0 Å². The lowest BCUT2D eigenvalue weighted by Crippen LogP contribution is -2.45. The summed E-state index contributed by atoms with van der Waals surface area (Å²) < 4.78 is 5.72. The summed E-state index contributed by atoms with van der Waals surface area (Å²) >= 11 is 0. The van der Waals surface area contributed by atoms with Crippen molar-refractivity contribution in [2.24, 2.45) is 10.9 Å². The zero-order valence-electron chi connectivity index (χ0n) is 15.0. The Morgan fingerprint density at radius 1 is 1.21 bits per heavy atom. The molecule has 0 unspecified atom stereocenters. The maximum atomic E-state index is 5.72. The quantitative estimate of drug-likeness (QED) is 0.302. The molecule has 0 aliphatic carbocycles. The van der Waals surface area contributed by atoms with Crippen molar-refractivity contribution < 1.29 is 4.74 Å². The van der Waals surface area contributed by atoms with E-state index in [-0.39, 0.29) is 24.0 Å². The smallest absolute Gasteiger partial charge is 0.193 e. The first kappa shape index (κ1) is 21.2. The number of hydrogen-bond acceptors (Lipinski definition) is 2. The van der Waals surface area contributed by atoms with E-state index < -0.39 is 0 Å². The van der Waals surface area contributed by atoms with Crippen LogP contribution >= 0.6 is 24.0 Å². The second kappa shape index (κ2) is 12.5. The highest BCUT2D eigenvalue weighted by Gasteiger charge is 2.18. The number of nitrogens with one attached hydrogen (secondary N) is 1. The van der Waals surface area contributed by atoms with Gasteiger partial charge in [-0.2, -0.15) is 0 Å². The fourth-order valence-electron chi connectivity index (χ4n) is 2.86. The Morgan fingerprint density at radius 3 is 2.58 bits per heavy atom. The molecule has 0 spiro atoms. The van der Waals surface area contributed by atoms with Crippen LogP contribution in [-0.2, 0) is 11.2 Å². The topological polar surface area (TPSA) is 36.9 Å². The lowest BCUT2D eigenvalue weighted by Gasteiger charge is -2.32. The molecule has 0 atom stereocenters. The molecule has 1 N–H and O–H groups in total. The SMILES string of the molecule is CN=C(NCCCOCCc1ccccc1)N1CCC(C)CC1.I. The van der Waals surface area contributed by atoms with Gasteiger partial charge in [0.05, 0.1) is 6.61 Å². The van der Waals surface area contributed by atoms with Crippen LogP contribution in [0.1, 0.15) is 31.7 Å². The van der Waals surface area contributed by atoms with Gasteiger partial charge in [0.15, 0.2) is 5.96 Å². The molecule has 4 nitrogen and oxygen atoms in total. The van der Waals surface area contributed by atoms with Gasteiger partial charge >= 0.3 is 0 Å². The molecular weight excluding hydrogens is 413 g/mol. The predicted molar refractivity (Wildman–Crippen MR) is 112 cm³/mol. The van der Waals surface area contributed by atoms with Gasteiger partial charge in [0.2, 0.25) is 0 Å². The predicted octanol–water partition coefficient (Wildman–Crippen LogP) is 3.56. The Balaban J connectivity index is 0.00000288. The summed E-state index contributed by atoms with van der Waals surface area (Å²) in [7, 11) is 1.87. The van der Waals surface area contributed by atoms with Crippen molar-refractivity contribution in [2.45, 2.75) is 32.6 Å². The molecule has 0 amide bonds. The number of guanidine groups is 1. The van der Waals surface area contributed by atoms with Crippen molar-refractivity contribution in [1.82, 2.24) is 10.2 Å². The van der Waals surface area contributed by atoms with Gasteiger partial charge in [-0.3, -0.25) is 4.99 Å². The Hall–Kier alpha value is -0.820. The molecule has 2 rings (SSSR count). The minimum atomic E-state index is 0. The summed E-state index contributed by atoms with van der Waals surface area (Å²) in [6.45, 7) is 7.09. The lowest BCUT2D eigenvalue weighted by molar-refractivity contribution is 0.135. The number of nitrogens with zero attached hydrogens (tertiary/aromatic N) is 2. The molecular formula is C19H32IN3O. The zero-order valence-corrected chi connectivity index (χ0v) is 17.4. The molecule has 0 saturated carbocycles. The van der Waals surface area contributed by atoms with Gasteiger partial charge in [-0.05, 0) is 37.2 Å². The summed E-state index contributed by atoms with van der Waals surface area (Å²) in [5.74, 6) is 1.89. The van der Waals surface area contributed by atoms with Gasteiger partial charge < -0.3 is 15.0 Å². The molecule has 1 fully saturated rings. The summed E-state index contributed by atoms with van der Waals surface area (Å²) in [6, 6.07) is 10.5.